The van der Waals surface area contributed by atoms with E-state index < -0.39 is 0 Å². The number of guanidine groups is 1. The quantitative estimate of drug-likeness (QED) is 0.188. The fraction of sp³-hybridized carbons (Fsp3) is 0.550. The topological polar surface area (TPSA) is 92.3 Å². The Labute approximate surface area is 189 Å². The second kappa shape index (κ2) is 13.2. The van der Waals surface area contributed by atoms with Crippen molar-refractivity contribution in [1.82, 2.24) is 15.5 Å². The number of nitrogens with one attached hydrogen (secondary N) is 2. The number of carbonyl (C=O) groups excluding carboxylic acids is 2. The van der Waals surface area contributed by atoms with Gasteiger partial charge in [-0.05, 0) is 44.0 Å². The van der Waals surface area contributed by atoms with Gasteiger partial charge in [-0.15, -0.1) is 24.0 Å². The molecule has 0 aromatic heterocycles. The maximum atomic E-state index is 12.2. The Morgan fingerprint density at radius 3 is 2.34 bits per heavy atom. The van der Waals surface area contributed by atoms with Crippen LogP contribution in [0.4, 0.5) is 0 Å². The van der Waals surface area contributed by atoms with Gasteiger partial charge in [0.25, 0.3) is 5.91 Å². The molecule has 29 heavy (non-hydrogen) atoms. The summed E-state index contributed by atoms with van der Waals surface area (Å²) in [7, 11) is 3.02. The molecule has 0 spiro atoms. The zero-order valence-electron chi connectivity index (χ0n) is 17.3. The Bertz CT molecular complexity index is 674. The maximum Gasteiger partial charge on any atom is 0.308 e. The number of halogens is 1. The van der Waals surface area contributed by atoms with Crippen LogP contribution in [0.1, 0.15) is 30.1 Å². The third-order valence-electron chi connectivity index (χ3n) is 4.68. The zero-order valence-corrected chi connectivity index (χ0v) is 19.6. The van der Waals surface area contributed by atoms with E-state index in [1.807, 2.05) is 6.92 Å². The minimum atomic E-state index is -0.137. The highest BCUT2D eigenvalue weighted by Gasteiger charge is 2.26. The number of esters is 1. The van der Waals surface area contributed by atoms with Crippen LogP contribution >= 0.6 is 24.0 Å². The molecule has 1 fully saturated rings. The predicted octanol–water partition coefficient (Wildman–Crippen LogP) is 1.89. The summed E-state index contributed by atoms with van der Waals surface area (Å²) in [6.07, 6.45) is 1.51. The van der Waals surface area contributed by atoms with Gasteiger partial charge in [-0.25, -0.2) is 0 Å². The lowest BCUT2D eigenvalue weighted by Gasteiger charge is -2.33. The van der Waals surface area contributed by atoms with Crippen LogP contribution in [0, 0.1) is 5.92 Å². The highest BCUT2D eigenvalue weighted by atomic mass is 127. The normalized spacial score (nSPS) is 14.6. The van der Waals surface area contributed by atoms with Crippen LogP contribution in [0.2, 0.25) is 0 Å². The Hall–Kier alpha value is -2.04. The van der Waals surface area contributed by atoms with Crippen molar-refractivity contribution in [3.8, 4) is 5.75 Å². The van der Waals surface area contributed by atoms with Crippen molar-refractivity contribution in [2.75, 3.05) is 46.9 Å². The first-order chi connectivity index (χ1) is 13.6. The number of benzene rings is 1. The molecule has 2 rings (SSSR count). The fourth-order valence-electron chi connectivity index (χ4n) is 3.10. The van der Waals surface area contributed by atoms with Gasteiger partial charge in [0.05, 0.1) is 26.7 Å². The first kappa shape index (κ1) is 25.0. The lowest BCUT2D eigenvalue weighted by atomic mass is 9.97. The second-order valence-corrected chi connectivity index (χ2v) is 6.50. The largest absolute Gasteiger partial charge is 0.497 e. The van der Waals surface area contributed by atoms with E-state index in [1.54, 1.807) is 31.4 Å². The van der Waals surface area contributed by atoms with Gasteiger partial charge in [-0.2, -0.15) is 0 Å². The molecular weight excluding hydrogens is 487 g/mol. The monoisotopic (exact) mass is 518 g/mol. The van der Waals surface area contributed by atoms with Crippen molar-refractivity contribution in [3.63, 3.8) is 0 Å². The molecule has 1 aliphatic heterocycles. The van der Waals surface area contributed by atoms with Crippen LogP contribution in [0.25, 0.3) is 0 Å². The maximum absolute atomic E-state index is 12.2. The smallest absolute Gasteiger partial charge is 0.308 e. The molecule has 1 heterocycles. The number of methoxy groups -OCH3 is 2. The van der Waals surface area contributed by atoms with Crippen molar-refractivity contribution >= 4 is 41.8 Å². The van der Waals surface area contributed by atoms with Gasteiger partial charge in [-0.1, -0.05) is 0 Å². The predicted molar refractivity (Wildman–Crippen MR) is 123 cm³/mol. The van der Waals surface area contributed by atoms with E-state index in [9.17, 15) is 9.59 Å². The van der Waals surface area contributed by atoms with E-state index in [0.717, 1.165) is 38.4 Å². The van der Waals surface area contributed by atoms with E-state index >= 15 is 0 Å². The number of hydrogen-bond donors (Lipinski definition) is 2. The lowest BCUT2D eigenvalue weighted by molar-refractivity contribution is -0.146. The highest BCUT2D eigenvalue weighted by Crippen LogP contribution is 2.18. The summed E-state index contributed by atoms with van der Waals surface area (Å²) in [5.74, 6) is 1.22. The summed E-state index contributed by atoms with van der Waals surface area (Å²) in [4.78, 5) is 30.6. The van der Waals surface area contributed by atoms with E-state index in [0.29, 0.717) is 24.4 Å². The molecular formula is C20H31IN4O4. The van der Waals surface area contributed by atoms with Crippen LogP contribution in [0.15, 0.2) is 29.3 Å². The molecule has 1 aromatic rings. The van der Waals surface area contributed by atoms with Crippen LogP contribution < -0.4 is 15.4 Å². The molecule has 1 saturated heterocycles. The van der Waals surface area contributed by atoms with E-state index in [2.05, 4.69) is 20.5 Å². The number of carbonyl (C=O) groups is 2. The SMILES string of the molecule is CCNC(=NCCNC(=O)c1ccc(OC)cc1)N1CCC(C(=O)OC)CC1.I. The van der Waals surface area contributed by atoms with Gasteiger partial charge < -0.3 is 25.0 Å². The van der Waals surface area contributed by atoms with Gasteiger partial charge in [0.1, 0.15) is 5.75 Å². The molecule has 0 radical (unpaired) electrons. The van der Waals surface area contributed by atoms with Crippen LogP contribution in [0.3, 0.4) is 0 Å². The summed E-state index contributed by atoms with van der Waals surface area (Å²) in [6, 6.07) is 6.97. The Kier molecular flexibility index (Phi) is 11.4. The number of hydrogen-bond acceptors (Lipinski definition) is 5. The molecule has 1 aliphatic rings. The third-order valence-corrected chi connectivity index (χ3v) is 4.68. The van der Waals surface area contributed by atoms with Crippen molar-refractivity contribution in [3.05, 3.63) is 29.8 Å². The van der Waals surface area contributed by atoms with E-state index in [1.165, 1.54) is 7.11 Å². The van der Waals surface area contributed by atoms with Gasteiger partial charge >= 0.3 is 5.97 Å². The zero-order chi connectivity index (χ0) is 20.4. The molecule has 8 nitrogen and oxygen atoms in total. The third kappa shape index (κ3) is 7.71. The van der Waals surface area contributed by atoms with Gasteiger partial charge in [0.2, 0.25) is 0 Å². The summed E-state index contributed by atoms with van der Waals surface area (Å²) in [6.45, 7) is 5.20. The highest BCUT2D eigenvalue weighted by molar-refractivity contribution is 14.0. The van der Waals surface area contributed by atoms with E-state index in [-0.39, 0.29) is 41.8 Å². The van der Waals surface area contributed by atoms with Crippen LogP contribution in [-0.2, 0) is 9.53 Å². The summed E-state index contributed by atoms with van der Waals surface area (Å²) in [5.41, 5.74) is 0.585. The summed E-state index contributed by atoms with van der Waals surface area (Å²) < 4.78 is 9.93. The molecule has 0 aliphatic carbocycles. The second-order valence-electron chi connectivity index (χ2n) is 6.50. The molecule has 0 unspecified atom stereocenters. The van der Waals surface area contributed by atoms with Crippen molar-refractivity contribution in [2.24, 2.45) is 10.9 Å². The Morgan fingerprint density at radius 2 is 1.79 bits per heavy atom. The lowest BCUT2D eigenvalue weighted by Crippen LogP contribution is -2.47. The first-order valence-electron chi connectivity index (χ1n) is 9.62. The van der Waals surface area contributed by atoms with Gasteiger partial charge in [0, 0.05) is 31.7 Å². The number of ether oxygens (including phenoxy) is 2. The number of piperidine rings is 1. The number of aliphatic imine (C=N–C) groups is 1. The minimum Gasteiger partial charge on any atom is -0.497 e. The van der Waals surface area contributed by atoms with Gasteiger partial charge in [0.15, 0.2) is 5.96 Å². The number of likely N-dealkylation sites (tertiary alicyclic amines) is 1. The van der Waals surface area contributed by atoms with Crippen LogP contribution in [0.5, 0.6) is 5.75 Å². The van der Waals surface area contributed by atoms with Crippen molar-refractivity contribution in [2.45, 2.75) is 19.8 Å². The molecule has 0 bridgehead atoms. The minimum absolute atomic E-state index is 0. The molecule has 1 amide bonds. The summed E-state index contributed by atoms with van der Waals surface area (Å²) >= 11 is 0. The molecule has 2 N–H and O–H groups in total. The molecule has 1 aromatic carbocycles. The number of rotatable bonds is 7. The average molecular weight is 518 g/mol. The van der Waals surface area contributed by atoms with Gasteiger partial charge in [-0.3, -0.25) is 14.6 Å². The van der Waals surface area contributed by atoms with E-state index in [4.69, 9.17) is 9.47 Å². The summed E-state index contributed by atoms with van der Waals surface area (Å²) in [5, 5.41) is 6.15. The standard InChI is InChI=1S/C20H30N4O4.HI/c1-4-21-20(24-13-9-16(10-14-24)19(26)28-3)23-12-11-22-18(25)15-5-7-17(27-2)8-6-15;/h5-8,16H,4,9-14H2,1-3H3,(H,21,23)(H,22,25);1H. The van der Waals surface area contributed by atoms with Crippen LogP contribution in [-0.4, -0.2) is 69.7 Å². The Morgan fingerprint density at radius 1 is 1.14 bits per heavy atom. The molecule has 0 atom stereocenters. The molecule has 9 heteroatoms. The average Bonchev–Trinajstić information content (AvgIpc) is 2.75. The number of nitrogens with zero attached hydrogens (tertiary/aromatic N) is 2. The first-order valence-corrected chi connectivity index (χ1v) is 9.62. The van der Waals surface area contributed by atoms with Crippen molar-refractivity contribution < 1.29 is 19.1 Å². The molecule has 162 valence electrons. The fourth-order valence-corrected chi connectivity index (χ4v) is 3.10. The number of amides is 1. The molecule has 0 saturated carbocycles. The Balaban J connectivity index is 0.00000420. The van der Waals surface area contributed by atoms with Crippen molar-refractivity contribution in [1.29, 1.82) is 0 Å².